The van der Waals surface area contributed by atoms with Crippen LogP contribution in [-0.2, 0) is 11.2 Å². The second-order valence-electron chi connectivity index (χ2n) is 5.04. The minimum Gasteiger partial charge on any atom is -0.454 e. The molecule has 0 unspecified atom stereocenters. The quantitative estimate of drug-likeness (QED) is 0.677. The molecule has 0 aliphatic carbocycles. The molecule has 0 fully saturated rings. The van der Waals surface area contributed by atoms with Crippen LogP contribution in [0.1, 0.15) is 12.0 Å². The van der Waals surface area contributed by atoms with E-state index in [1.807, 2.05) is 18.2 Å². The van der Waals surface area contributed by atoms with Crippen molar-refractivity contribution in [2.75, 3.05) is 12.1 Å². The topological polar surface area (TPSA) is 90.7 Å². The number of ether oxygens (including phenoxy) is 2. The van der Waals surface area contributed by atoms with Gasteiger partial charge in [0, 0.05) is 24.2 Å². The molecular formula is C16H14N2O5. The lowest BCUT2D eigenvalue weighted by atomic mass is 10.1. The number of non-ortho nitro benzene ring substituents is 1. The van der Waals surface area contributed by atoms with E-state index in [4.69, 9.17) is 9.47 Å². The first kappa shape index (κ1) is 14.8. The number of carbonyl (C=O) groups excluding carboxylic acids is 1. The number of nitrogens with zero attached hydrogens (tertiary/aromatic N) is 1. The van der Waals surface area contributed by atoms with E-state index in [1.54, 1.807) is 6.07 Å². The highest BCUT2D eigenvalue weighted by atomic mass is 16.7. The van der Waals surface area contributed by atoms with Crippen molar-refractivity contribution in [3.8, 4) is 11.5 Å². The third-order valence-corrected chi connectivity index (χ3v) is 3.42. The Kier molecular flexibility index (Phi) is 4.09. The van der Waals surface area contributed by atoms with Crippen molar-refractivity contribution in [3.63, 3.8) is 0 Å². The number of benzene rings is 2. The highest BCUT2D eigenvalue weighted by Crippen LogP contribution is 2.32. The summed E-state index contributed by atoms with van der Waals surface area (Å²) in [6, 6.07) is 11.4. The van der Waals surface area contributed by atoms with E-state index >= 15 is 0 Å². The van der Waals surface area contributed by atoms with E-state index in [9.17, 15) is 14.9 Å². The lowest BCUT2D eigenvalue weighted by molar-refractivity contribution is -0.384. The van der Waals surface area contributed by atoms with Crippen LogP contribution in [0.3, 0.4) is 0 Å². The highest BCUT2D eigenvalue weighted by Gasteiger charge is 2.14. The maximum atomic E-state index is 12.0. The van der Waals surface area contributed by atoms with Gasteiger partial charge in [-0.3, -0.25) is 14.9 Å². The minimum atomic E-state index is -0.498. The minimum absolute atomic E-state index is 0.0569. The zero-order valence-corrected chi connectivity index (χ0v) is 12.2. The Labute approximate surface area is 132 Å². The van der Waals surface area contributed by atoms with Gasteiger partial charge in [-0.1, -0.05) is 12.1 Å². The predicted molar refractivity (Wildman–Crippen MR) is 82.6 cm³/mol. The van der Waals surface area contributed by atoms with Crippen molar-refractivity contribution in [2.45, 2.75) is 12.8 Å². The van der Waals surface area contributed by atoms with Crippen molar-refractivity contribution in [3.05, 3.63) is 58.1 Å². The van der Waals surface area contributed by atoms with Gasteiger partial charge in [-0.2, -0.15) is 0 Å². The van der Waals surface area contributed by atoms with Gasteiger partial charge in [0.2, 0.25) is 12.7 Å². The first-order valence-electron chi connectivity index (χ1n) is 7.04. The number of nitrogens with one attached hydrogen (secondary N) is 1. The van der Waals surface area contributed by atoms with Crippen LogP contribution in [0, 0.1) is 10.1 Å². The van der Waals surface area contributed by atoms with Crippen molar-refractivity contribution >= 4 is 17.3 Å². The van der Waals surface area contributed by atoms with Crippen molar-refractivity contribution in [1.29, 1.82) is 0 Å². The third kappa shape index (κ3) is 3.57. The summed E-state index contributed by atoms with van der Waals surface area (Å²) in [7, 11) is 0. The number of nitro groups is 1. The van der Waals surface area contributed by atoms with Crippen LogP contribution in [0.15, 0.2) is 42.5 Å². The summed E-state index contributed by atoms with van der Waals surface area (Å²) in [4.78, 5) is 22.2. The molecule has 7 heteroatoms. The normalized spacial score (nSPS) is 12.0. The maximum Gasteiger partial charge on any atom is 0.271 e. The van der Waals surface area contributed by atoms with Gasteiger partial charge in [0.1, 0.15) is 0 Å². The smallest absolute Gasteiger partial charge is 0.271 e. The number of hydrogen-bond donors (Lipinski definition) is 1. The molecule has 0 bridgehead atoms. The van der Waals surface area contributed by atoms with Gasteiger partial charge in [-0.15, -0.1) is 0 Å². The molecule has 1 aliphatic heterocycles. The summed E-state index contributed by atoms with van der Waals surface area (Å²) in [5.41, 5.74) is 1.32. The maximum absolute atomic E-state index is 12.0. The van der Waals surface area contributed by atoms with Crippen LogP contribution < -0.4 is 14.8 Å². The predicted octanol–water partition coefficient (Wildman–Crippen LogP) is 2.89. The molecule has 0 saturated heterocycles. The zero-order valence-electron chi connectivity index (χ0n) is 12.2. The molecule has 118 valence electrons. The van der Waals surface area contributed by atoms with Crippen molar-refractivity contribution in [1.82, 2.24) is 0 Å². The molecule has 0 radical (unpaired) electrons. The van der Waals surface area contributed by atoms with E-state index in [1.165, 1.54) is 18.2 Å². The van der Waals surface area contributed by atoms with Gasteiger partial charge >= 0.3 is 0 Å². The molecule has 2 aromatic rings. The number of hydrogen-bond acceptors (Lipinski definition) is 5. The zero-order chi connectivity index (χ0) is 16.2. The molecule has 2 aromatic carbocycles. The summed E-state index contributed by atoms with van der Waals surface area (Å²) in [6.45, 7) is 0.214. The Balaban J connectivity index is 1.57. The Morgan fingerprint density at radius 3 is 2.83 bits per heavy atom. The highest BCUT2D eigenvalue weighted by molar-refractivity contribution is 5.91. The lowest BCUT2D eigenvalue weighted by Gasteiger charge is -2.06. The van der Waals surface area contributed by atoms with Crippen LogP contribution in [0.25, 0.3) is 0 Å². The summed E-state index contributed by atoms with van der Waals surface area (Å²) < 4.78 is 10.5. The summed E-state index contributed by atoms with van der Waals surface area (Å²) >= 11 is 0. The van der Waals surface area contributed by atoms with Crippen LogP contribution in [0.5, 0.6) is 11.5 Å². The Morgan fingerprint density at radius 1 is 1.17 bits per heavy atom. The molecular weight excluding hydrogens is 300 g/mol. The summed E-state index contributed by atoms with van der Waals surface area (Å²) in [6.07, 6.45) is 0.805. The molecule has 0 atom stereocenters. The van der Waals surface area contributed by atoms with E-state index in [0.717, 1.165) is 5.56 Å². The lowest BCUT2D eigenvalue weighted by Crippen LogP contribution is -2.12. The first-order chi connectivity index (χ1) is 11.1. The largest absolute Gasteiger partial charge is 0.454 e. The molecule has 0 aromatic heterocycles. The van der Waals surface area contributed by atoms with E-state index in [0.29, 0.717) is 23.6 Å². The van der Waals surface area contributed by atoms with E-state index in [2.05, 4.69) is 5.32 Å². The van der Waals surface area contributed by atoms with Crippen LogP contribution in [0.2, 0.25) is 0 Å². The number of aryl methyl sites for hydroxylation is 1. The Hall–Kier alpha value is -3.09. The first-order valence-corrected chi connectivity index (χ1v) is 7.04. The van der Waals surface area contributed by atoms with Crippen LogP contribution in [0.4, 0.5) is 11.4 Å². The molecule has 1 amide bonds. The molecule has 7 nitrogen and oxygen atoms in total. The van der Waals surface area contributed by atoms with E-state index in [-0.39, 0.29) is 24.8 Å². The molecule has 0 saturated carbocycles. The molecule has 1 N–H and O–H groups in total. The summed E-state index contributed by atoms with van der Waals surface area (Å²) in [5.74, 6) is 1.18. The van der Waals surface area contributed by atoms with Crippen molar-refractivity contribution in [2.24, 2.45) is 0 Å². The molecule has 1 aliphatic rings. The number of nitro benzene ring substituents is 1. The number of fused-ring (bicyclic) bond motifs is 1. The molecule has 3 rings (SSSR count). The fourth-order valence-electron chi connectivity index (χ4n) is 2.28. The van der Waals surface area contributed by atoms with Gasteiger partial charge in [0.05, 0.1) is 4.92 Å². The van der Waals surface area contributed by atoms with Crippen molar-refractivity contribution < 1.29 is 19.2 Å². The molecule has 1 heterocycles. The number of amides is 1. The Bertz CT molecular complexity index is 760. The third-order valence-electron chi connectivity index (χ3n) is 3.42. The number of carbonyl (C=O) groups is 1. The van der Waals surface area contributed by atoms with Gasteiger partial charge in [0.15, 0.2) is 11.5 Å². The Morgan fingerprint density at radius 2 is 2.00 bits per heavy atom. The van der Waals surface area contributed by atoms with Crippen LogP contribution >= 0.6 is 0 Å². The second-order valence-corrected chi connectivity index (χ2v) is 5.04. The fourth-order valence-corrected chi connectivity index (χ4v) is 2.28. The molecule has 0 spiro atoms. The van der Waals surface area contributed by atoms with Gasteiger partial charge in [0.25, 0.3) is 5.69 Å². The average Bonchev–Trinajstić information content (AvgIpc) is 3.01. The standard InChI is InChI=1S/C16H14N2O5/c19-16(17-12-2-1-3-13(9-12)18(20)21)7-5-11-4-6-14-15(8-11)23-10-22-14/h1-4,6,8-9H,5,7,10H2,(H,17,19). The SMILES string of the molecule is O=C(CCc1ccc2c(c1)OCO2)Nc1cccc([N+](=O)[O-])c1. The van der Waals surface area contributed by atoms with Gasteiger partial charge in [-0.05, 0) is 30.2 Å². The average molecular weight is 314 g/mol. The van der Waals surface area contributed by atoms with E-state index < -0.39 is 4.92 Å². The second kappa shape index (κ2) is 6.35. The number of anilines is 1. The monoisotopic (exact) mass is 314 g/mol. The van der Waals surface area contributed by atoms with Gasteiger partial charge < -0.3 is 14.8 Å². The van der Waals surface area contributed by atoms with Crippen LogP contribution in [-0.4, -0.2) is 17.6 Å². The molecule has 23 heavy (non-hydrogen) atoms. The fraction of sp³-hybridized carbons (Fsp3) is 0.188. The van der Waals surface area contributed by atoms with Gasteiger partial charge in [-0.25, -0.2) is 0 Å². The summed E-state index contributed by atoms with van der Waals surface area (Å²) in [5, 5.41) is 13.4. The number of rotatable bonds is 5.